The summed E-state index contributed by atoms with van der Waals surface area (Å²) in [6.07, 6.45) is 0.287. The first kappa shape index (κ1) is 19.4. The van der Waals surface area contributed by atoms with Crippen molar-refractivity contribution >= 4 is 45.1 Å². The number of thiazole rings is 1. The van der Waals surface area contributed by atoms with Crippen molar-refractivity contribution in [2.45, 2.75) is 11.3 Å². The van der Waals surface area contributed by atoms with Crippen LogP contribution in [-0.2, 0) is 4.79 Å². The van der Waals surface area contributed by atoms with Crippen LogP contribution < -0.4 is 10.9 Å². The smallest absolute Gasteiger partial charge is 0.345 e. The molecule has 0 fully saturated rings. The fraction of sp³-hybridized carbons (Fsp3) is 0.0952. The summed E-state index contributed by atoms with van der Waals surface area (Å²) in [6.45, 7) is 0. The molecule has 29 heavy (non-hydrogen) atoms. The van der Waals surface area contributed by atoms with Gasteiger partial charge in [0.2, 0.25) is 5.91 Å². The van der Waals surface area contributed by atoms with Gasteiger partial charge in [-0.3, -0.25) is 4.79 Å². The lowest BCUT2D eigenvalue weighted by Crippen LogP contribution is -2.12. The maximum Gasteiger partial charge on any atom is 0.345 e. The molecule has 1 N–H and O–H groups in total. The summed E-state index contributed by atoms with van der Waals surface area (Å²) >= 11 is 2.72. The summed E-state index contributed by atoms with van der Waals surface area (Å²) < 4.78 is 18.2. The number of anilines is 1. The van der Waals surface area contributed by atoms with Gasteiger partial charge in [-0.2, -0.15) is 0 Å². The Labute approximate surface area is 173 Å². The van der Waals surface area contributed by atoms with Crippen LogP contribution in [0.25, 0.3) is 22.2 Å². The highest BCUT2D eigenvalue weighted by molar-refractivity contribution is 7.99. The van der Waals surface area contributed by atoms with Gasteiger partial charge < -0.3 is 9.73 Å². The van der Waals surface area contributed by atoms with E-state index < -0.39 is 5.63 Å². The fourth-order valence-corrected chi connectivity index (χ4v) is 4.25. The van der Waals surface area contributed by atoms with Crippen LogP contribution in [0.2, 0.25) is 0 Å². The summed E-state index contributed by atoms with van der Waals surface area (Å²) in [5.41, 5.74) is 0.865. The summed E-state index contributed by atoms with van der Waals surface area (Å²) in [4.78, 5) is 29.6. The number of fused-ring (bicyclic) bond motifs is 1. The van der Waals surface area contributed by atoms with Gasteiger partial charge >= 0.3 is 5.63 Å². The van der Waals surface area contributed by atoms with E-state index in [-0.39, 0.29) is 18.1 Å². The molecule has 0 unspecified atom stereocenters. The summed E-state index contributed by atoms with van der Waals surface area (Å²) in [7, 11) is 0. The van der Waals surface area contributed by atoms with Crippen molar-refractivity contribution in [3.05, 3.63) is 76.2 Å². The average molecular weight is 426 g/mol. The van der Waals surface area contributed by atoms with Crippen LogP contribution in [0.1, 0.15) is 6.42 Å². The minimum absolute atomic E-state index is 0.175. The number of para-hydroxylation sites is 1. The number of thioether (sulfide) groups is 1. The number of amides is 1. The first-order valence-corrected chi connectivity index (χ1v) is 10.6. The predicted molar refractivity (Wildman–Crippen MR) is 114 cm³/mol. The third-order valence-electron chi connectivity index (χ3n) is 4.08. The second kappa shape index (κ2) is 8.59. The Morgan fingerprint density at radius 3 is 2.79 bits per heavy atom. The number of aromatic nitrogens is 1. The zero-order valence-corrected chi connectivity index (χ0v) is 16.7. The molecule has 0 bridgehead atoms. The Bertz CT molecular complexity index is 1220. The standard InChI is InChI=1S/C21H15FN2O3S2/c22-14-5-7-15(8-6-14)28-10-9-19(25)24-21-23-17(12-29-21)16-11-13-3-1-2-4-18(13)27-20(16)26/h1-8,11-12H,9-10H2,(H,23,24,25). The van der Waals surface area contributed by atoms with E-state index in [4.69, 9.17) is 4.42 Å². The minimum atomic E-state index is -0.470. The van der Waals surface area contributed by atoms with E-state index >= 15 is 0 Å². The van der Waals surface area contributed by atoms with Crippen LogP contribution in [0.3, 0.4) is 0 Å². The molecule has 2 heterocycles. The second-order valence-corrected chi connectivity index (χ2v) is 8.15. The van der Waals surface area contributed by atoms with E-state index in [1.54, 1.807) is 35.7 Å². The number of nitrogens with one attached hydrogen (secondary N) is 1. The maximum atomic E-state index is 12.9. The van der Waals surface area contributed by atoms with Crippen molar-refractivity contribution < 1.29 is 13.6 Å². The molecule has 4 rings (SSSR count). The molecule has 0 radical (unpaired) electrons. The van der Waals surface area contributed by atoms with Crippen LogP contribution in [-0.4, -0.2) is 16.6 Å². The van der Waals surface area contributed by atoms with Gasteiger partial charge in [-0.1, -0.05) is 18.2 Å². The largest absolute Gasteiger partial charge is 0.422 e. The Kier molecular flexibility index (Phi) is 5.73. The topological polar surface area (TPSA) is 72.2 Å². The molecule has 0 aliphatic rings. The van der Waals surface area contributed by atoms with Crippen molar-refractivity contribution in [1.29, 1.82) is 0 Å². The first-order valence-electron chi connectivity index (χ1n) is 8.75. The molecule has 0 saturated carbocycles. The number of carbonyl (C=O) groups excluding carboxylic acids is 1. The molecule has 4 aromatic rings. The van der Waals surface area contributed by atoms with Gasteiger partial charge in [0.15, 0.2) is 5.13 Å². The molecule has 0 saturated heterocycles. The number of carbonyl (C=O) groups is 1. The molecule has 5 nitrogen and oxygen atoms in total. The van der Waals surface area contributed by atoms with Crippen LogP contribution in [0, 0.1) is 5.82 Å². The van der Waals surface area contributed by atoms with Crippen LogP contribution in [0.15, 0.2) is 74.1 Å². The van der Waals surface area contributed by atoms with Crippen LogP contribution in [0.5, 0.6) is 0 Å². The molecular weight excluding hydrogens is 411 g/mol. The lowest BCUT2D eigenvalue weighted by molar-refractivity contribution is -0.115. The van der Waals surface area contributed by atoms with Gasteiger partial charge in [0.05, 0.1) is 11.3 Å². The van der Waals surface area contributed by atoms with E-state index in [1.807, 2.05) is 12.1 Å². The highest BCUT2D eigenvalue weighted by Gasteiger charge is 2.13. The number of hydrogen-bond donors (Lipinski definition) is 1. The first-order chi connectivity index (χ1) is 14.1. The summed E-state index contributed by atoms with van der Waals surface area (Å²) in [5.74, 6) is 0.0995. The molecule has 0 atom stereocenters. The normalized spacial score (nSPS) is 10.9. The van der Waals surface area contributed by atoms with Gasteiger partial charge in [-0.25, -0.2) is 14.2 Å². The lowest BCUT2D eigenvalue weighted by atomic mass is 10.1. The van der Waals surface area contributed by atoms with Crippen molar-refractivity contribution in [1.82, 2.24) is 4.98 Å². The summed E-state index contributed by atoms with van der Waals surface area (Å²) in [6, 6.07) is 15.1. The molecule has 146 valence electrons. The van der Waals surface area contributed by atoms with Gasteiger partial charge in [-0.15, -0.1) is 23.1 Å². The van der Waals surface area contributed by atoms with Gasteiger partial charge in [0.25, 0.3) is 0 Å². The number of halogens is 1. The third-order valence-corrected chi connectivity index (χ3v) is 5.85. The van der Waals surface area contributed by atoms with Crippen LogP contribution >= 0.6 is 23.1 Å². The minimum Gasteiger partial charge on any atom is -0.422 e. The highest BCUT2D eigenvalue weighted by atomic mass is 32.2. The Morgan fingerprint density at radius 2 is 1.97 bits per heavy atom. The van der Waals surface area contributed by atoms with Gasteiger partial charge in [0.1, 0.15) is 11.4 Å². The summed E-state index contributed by atoms with van der Waals surface area (Å²) in [5, 5.41) is 5.68. The van der Waals surface area contributed by atoms with Crippen LogP contribution in [0.4, 0.5) is 9.52 Å². The number of nitrogens with zero attached hydrogens (tertiary/aromatic N) is 1. The zero-order valence-electron chi connectivity index (χ0n) is 15.1. The van der Waals surface area contributed by atoms with E-state index in [9.17, 15) is 14.0 Å². The van der Waals surface area contributed by atoms with Crippen molar-refractivity contribution in [3.63, 3.8) is 0 Å². The maximum absolute atomic E-state index is 12.9. The lowest BCUT2D eigenvalue weighted by Gasteiger charge is -2.02. The average Bonchev–Trinajstić information content (AvgIpc) is 3.17. The van der Waals surface area contributed by atoms with Crippen molar-refractivity contribution in [2.75, 3.05) is 11.1 Å². The van der Waals surface area contributed by atoms with E-state index in [0.29, 0.717) is 27.7 Å². The number of benzene rings is 2. The van der Waals surface area contributed by atoms with E-state index in [0.717, 1.165) is 10.3 Å². The number of hydrogen-bond acceptors (Lipinski definition) is 6. The molecule has 2 aromatic heterocycles. The fourth-order valence-electron chi connectivity index (χ4n) is 2.67. The van der Waals surface area contributed by atoms with Crippen molar-refractivity contribution in [2.24, 2.45) is 0 Å². The Hall–Kier alpha value is -2.97. The Balaban J connectivity index is 1.39. The van der Waals surface area contributed by atoms with E-state index in [1.165, 1.54) is 35.2 Å². The monoisotopic (exact) mass is 426 g/mol. The SMILES string of the molecule is O=C(CCSc1ccc(F)cc1)Nc1nc(-c2cc3ccccc3oc2=O)cs1. The quantitative estimate of drug-likeness (QED) is 0.340. The van der Waals surface area contributed by atoms with Gasteiger partial charge in [0, 0.05) is 27.8 Å². The van der Waals surface area contributed by atoms with Gasteiger partial charge in [-0.05, 0) is 36.4 Å². The molecule has 0 spiro atoms. The highest BCUT2D eigenvalue weighted by Crippen LogP contribution is 2.25. The molecule has 0 aliphatic carbocycles. The number of rotatable bonds is 6. The zero-order chi connectivity index (χ0) is 20.2. The molecule has 0 aliphatic heterocycles. The second-order valence-electron chi connectivity index (χ2n) is 6.12. The molecular formula is C21H15FN2O3S2. The molecule has 1 amide bonds. The molecule has 8 heteroatoms. The van der Waals surface area contributed by atoms with Crippen molar-refractivity contribution in [3.8, 4) is 11.3 Å². The predicted octanol–water partition coefficient (Wildman–Crippen LogP) is 5.18. The van der Waals surface area contributed by atoms with E-state index in [2.05, 4.69) is 10.3 Å². The molecule has 2 aromatic carbocycles. The third kappa shape index (κ3) is 4.72. The Morgan fingerprint density at radius 1 is 1.17 bits per heavy atom.